The number of benzene rings is 2. The third-order valence-corrected chi connectivity index (χ3v) is 4.87. The maximum absolute atomic E-state index is 14.4. The summed E-state index contributed by atoms with van der Waals surface area (Å²) in [5.74, 6) is -0.675. The number of ether oxygens (including phenoxy) is 1. The lowest BCUT2D eigenvalue weighted by Crippen LogP contribution is -2.06. The monoisotopic (exact) mass is 419 g/mol. The Kier molecular flexibility index (Phi) is 5.88. The van der Waals surface area contributed by atoms with E-state index in [1.807, 2.05) is 32.2 Å². The van der Waals surface area contributed by atoms with E-state index in [1.54, 1.807) is 35.1 Å². The fraction of sp³-hybridized carbons (Fsp3) is 0.217. The van der Waals surface area contributed by atoms with Crippen LogP contribution in [-0.2, 0) is 11.8 Å². The molecule has 2 heterocycles. The van der Waals surface area contributed by atoms with Crippen LogP contribution in [0.2, 0.25) is 0 Å². The first-order valence-corrected chi connectivity index (χ1v) is 10.0. The van der Waals surface area contributed by atoms with E-state index in [0.717, 1.165) is 35.6 Å². The number of nitrogens with zero attached hydrogens (tertiary/aromatic N) is 4. The van der Waals surface area contributed by atoms with Gasteiger partial charge in [-0.05, 0) is 36.8 Å². The van der Waals surface area contributed by atoms with Crippen LogP contribution in [0.15, 0.2) is 54.9 Å². The van der Waals surface area contributed by atoms with Crippen molar-refractivity contribution < 1.29 is 13.9 Å². The minimum absolute atomic E-state index is 0.144. The van der Waals surface area contributed by atoms with Crippen molar-refractivity contribution >= 4 is 28.5 Å². The molecule has 0 saturated carbocycles. The molecule has 0 atom stereocenters. The fourth-order valence-electron chi connectivity index (χ4n) is 3.16. The molecule has 158 valence electrons. The number of hydrogen-bond donors (Lipinski definition) is 1. The number of carbonyl (C=O) groups is 1. The standard InChI is InChI=1S/C23H22FN5O2/c1-3-4-11-31-22(30)16-7-5-15(6-8-16)21-19(24)14-25-23(28-21)27-18-9-10-20-17(12-18)13-26-29(20)2/h5-10,12-14H,3-4,11H2,1-2H3,(H,25,27,28). The lowest BCUT2D eigenvalue weighted by atomic mass is 10.1. The van der Waals surface area contributed by atoms with E-state index in [-0.39, 0.29) is 11.6 Å². The van der Waals surface area contributed by atoms with Crippen molar-refractivity contribution in [2.24, 2.45) is 7.05 Å². The highest BCUT2D eigenvalue weighted by Crippen LogP contribution is 2.25. The largest absolute Gasteiger partial charge is 0.462 e. The summed E-state index contributed by atoms with van der Waals surface area (Å²) in [5, 5.41) is 8.29. The maximum Gasteiger partial charge on any atom is 0.338 e. The summed E-state index contributed by atoms with van der Waals surface area (Å²) in [6.45, 7) is 2.41. The van der Waals surface area contributed by atoms with Gasteiger partial charge in [0.1, 0.15) is 5.69 Å². The Morgan fingerprint density at radius 1 is 1.16 bits per heavy atom. The molecule has 0 saturated heterocycles. The van der Waals surface area contributed by atoms with Crippen molar-refractivity contribution in [2.75, 3.05) is 11.9 Å². The zero-order valence-electron chi connectivity index (χ0n) is 17.3. The van der Waals surface area contributed by atoms with Crippen LogP contribution >= 0.6 is 0 Å². The van der Waals surface area contributed by atoms with Gasteiger partial charge in [-0.1, -0.05) is 25.5 Å². The van der Waals surface area contributed by atoms with Gasteiger partial charge in [-0.3, -0.25) is 4.68 Å². The number of rotatable bonds is 7. The molecule has 0 fully saturated rings. The Morgan fingerprint density at radius 3 is 2.74 bits per heavy atom. The van der Waals surface area contributed by atoms with Gasteiger partial charge >= 0.3 is 5.97 Å². The van der Waals surface area contributed by atoms with Gasteiger partial charge in [0.15, 0.2) is 5.82 Å². The molecule has 0 radical (unpaired) electrons. The molecule has 0 amide bonds. The van der Waals surface area contributed by atoms with Gasteiger partial charge < -0.3 is 10.1 Å². The first kappa shape index (κ1) is 20.5. The number of nitrogens with one attached hydrogen (secondary N) is 1. The Morgan fingerprint density at radius 2 is 1.97 bits per heavy atom. The van der Waals surface area contributed by atoms with E-state index < -0.39 is 11.8 Å². The molecule has 1 N–H and O–H groups in total. The summed E-state index contributed by atoms with van der Waals surface area (Å²) in [6.07, 6.45) is 4.66. The lowest BCUT2D eigenvalue weighted by Gasteiger charge is -2.09. The highest BCUT2D eigenvalue weighted by atomic mass is 19.1. The van der Waals surface area contributed by atoms with E-state index in [4.69, 9.17) is 4.74 Å². The molecule has 0 unspecified atom stereocenters. The van der Waals surface area contributed by atoms with Crippen LogP contribution in [0, 0.1) is 5.82 Å². The van der Waals surface area contributed by atoms with Crippen molar-refractivity contribution in [3.8, 4) is 11.3 Å². The van der Waals surface area contributed by atoms with Crippen LogP contribution in [0.25, 0.3) is 22.2 Å². The summed E-state index contributed by atoms with van der Waals surface area (Å²) in [6, 6.07) is 12.3. The number of esters is 1. The molecule has 2 aromatic heterocycles. The van der Waals surface area contributed by atoms with Crippen molar-refractivity contribution in [2.45, 2.75) is 19.8 Å². The van der Waals surface area contributed by atoms with Crippen LogP contribution in [0.1, 0.15) is 30.1 Å². The predicted octanol–water partition coefficient (Wildman–Crippen LogP) is 4.87. The quantitative estimate of drug-likeness (QED) is 0.340. The van der Waals surface area contributed by atoms with Gasteiger partial charge in [-0.2, -0.15) is 5.10 Å². The van der Waals surface area contributed by atoms with E-state index in [1.165, 1.54) is 0 Å². The summed E-state index contributed by atoms with van der Waals surface area (Å²) >= 11 is 0. The number of fused-ring (bicyclic) bond motifs is 1. The third kappa shape index (κ3) is 4.53. The summed E-state index contributed by atoms with van der Waals surface area (Å²) < 4.78 is 21.4. The van der Waals surface area contributed by atoms with Crippen LogP contribution in [0.5, 0.6) is 0 Å². The molecule has 4 rings (SSSR count). The Hall–Kier alpha value is -3.81. The van der Waals surface area contributed by atoms with Gasteiger partial charge in [-0.15, -0.1) is 0 Å². The number of hydrogen-bond acceptors (Lipinski definition) is 6. The maximum atomic E-state index is 14.4. The second kappa shape index (κ2) is 8.91. The van der Waals surface area contributed by atoms with Gasteiger partial charge in [0, 0.05) is 23.7 Å². The summed E-state index contributed by atoms with van der Waals surface area (Å²) in [4.78, 5) is 20.4. The first-order chi connectivity index (χ1) is 15.0. The zero-order chi connectivity index (χ0) is 21.8. The van der Waals surface area contributed by atoms with Crippen LogP contribution in [0.4, 0.5) is 16.0 Å². The number of halogens is 1. The SMILES string of the molecule is CCCCOC(=O)c1ccc(-c2nc(Nc3ccc4c(cnn4C)c3)ncc2F)cc1. The highest BCUT2D eigenvalue weighted by Gasteiger charge is 2.12. The Labute approximate surface area is 178 Å². The average Bonchev–Trinajstić information content (AvgIpc) is 3.15. The van der Waals surface area contributed by atoms with Crippen molar-refractivity contribution in [3.05, 3.63) is 66.2 Å². The second-order valence-electron chi connectivity index (χ2n) is 7.12. The lowest BCUT2D eigenvalue weighted by molar-refractivity contribution is 0.0500. The minimum atomic E-state index is -0.550. The zero-order valence-corrected chi connectivity index (χ0v) is 17.3. The molecule has 0 bridgehead atoms. The number of carbonyl (C=O) groups excluding carboxylic acids is 1. The summed E-state index contributed by atoms with van der Waals surface area (Å²) in [5.41, 5.74) is 2.86. The van der Waals surface area contributed by atoms with E-state index in [9.17, 15) is 9.18 Å². The van der Waals surface area contributed by atoms with E-state index in [2.05, 4.69) is 20.4 Å². The fourth-order valence-corrected chi connectivity index (χ4v) is 3.16. The third-order valence-electron chi connectivity index (χ3n) is 4.87. The molecule has 0 aliphatic heterocycles. The molecule has 0 aliphatic rings. The minimum Gasteiger partial charge on any atom is -0.462 e. The number of aryl methyl sites for hydroxylation is 1. The number of aromatic nitrogens is 4. The van der Waals surface area contributed by atoms with Gasteiger partial charge in [0.05, 0.1) is 30.1 Å². The second-order valence-corrected chi connectivity index (χ2v) is 7.12. The van der Waals surface area contributed by atoms with Crippen molar-refractivity contribution in [1.82, 2.24) is 19.7 Å². The van der Waals surface area contributed by atoms with Gasteiger partial charge in [0.25, 0.3) is 0 Å². The summed E-state index contributed by atoms with van der Waals surface area (Å²) in [7, 11) is 1.88. The van der Waals surface area contributed by atoms with E-state index in [0.29, 0.717) is 17.7 Å². The average molecular weight is 419 g/mol. The van der Waals surface area contributed by atoms with Crippen LogP contribution in [-0.4, -0.2) is 32.3 Å². The molecule has 2 aromatic carbocycles. The number of anilines is 2. The van der Waals surface area contributed by atoms with Gasteiger partial charge in [-0.25, -0.2) is 19.2 Å². The highest BCUT2D eigenvalue weighted by molar-refractivity contribution is 5.90. The molecular weight excluding hydrogens is 397 g/mol. The molecule has 0 aliphatic carbocycles. The smallest absolute Gasteiger partial charge is 0.338 e. The topological polar surface area (TPSA) is 81.9 Å². The van der Waals surface area contributed by atoms with Gasteiger partial charge in [0.2, 0.25) is 5.95 Å². The Bertz CT molecular complexity index is 1220. The molecular formula is C23H22FN5O2. The van der Waals surface area contributed by atoms with Crippen molar-refractivity contribution in [3.63, 3.8) is 0 Å². The normalized spacial score (nSPS) is 10.9. The molecule has 31 heavy (non-hydrogen) atoms. The molecule has 0 spiro atoms. The predicted molar refractivity (Wildman–Crippen MR) is 117 cm³/mol. The van der Waals surface area contributed by atoms with E-state index >= 15 is 0 Å². The van der Waals surface area contributed by atoms with Crippen LogP contribution < -0.4 is 5.32 Å². The van der Waals surface area contributed by atoms with Crippen LogP contribution in [0.3, 0.4) is 0 Å². The number of unbranched alkanes of at least 4 members (excludes halogenated alkanes) is 1. The first-order valence-electron chi connectivity index (χ1n) is 10.0. The Balaban J connectivity index is 1.53. The molecule has 4 aromatic rings. The van der Waals surface area contributed by atoms with Crippen molar-refractivity contribution in [1.29, 1.82) is 0 Å². The molecule has 8 heteroatoms. The molecule has 7 nitrogen and oxygen atoms in total.